The van der Waals surface area contributed by atoms with Crippen molar-refractivity contribution in [3.8, 4) is 0 Å². The molecular weight excluding hydrogens is 262 g/mol. The first kappa shape index (κ1) is 14.6. The van der Waals surface area contributed by atoms with Gasteiger partial charge in [-0.25, -0.2) is 0 Å². The van der Waals surface area contributed by atoms with Gasteiger partial charge in [0.15, 0.2) is 0 Å². The Hall–Kier alpha value is -1.35. The molecule has 3 heteroatoms. The number of amides is 1. The van der Waals surface area contributed by atoms with Crippen molar-refractivity contribution in [3.05, 3.63) is 34.9 Å². The lowest BCUT2D eigenvalue weighted by Gasteiger charge is -2.28. The fourth-order valence-corrected chi connectivity index (χ4v) is 3.71. The summed E-state index contributed by atoms with van der Waals surface area (Å²) in [7, 11) is 0. The van der Waals surface area contributed by atoms with E-state index in [1.807, 2.05) is 4.90 Å². The molecule has 3 rings (SSSR count). The zero-order valence-electron chi connectivity index (χ0n) is 12.7. The first-order valence-electron chi connectivity index (χ1n) is 8.29. The lowest BCUT2D eigenvalue weighted by Crippen LogP contribution is -2.42. The highest BCUT2D eigenvalue weighted by molar-refractivity contribution is 5.79. The van der Waals surface area contributed by atoms with E-state index in [1.54, 1.807) is 0 Å². The number of aryl methyl sites for hydroxylation is 2. The average molecular weight is 287 g/mol. The lowest BCUT2D eigenvalue weighted by atomic mass is 10.0. The monoisotopic (exact) mass is 287 g/mol. The Morgan fingerprint density at radius 1 is 1.14 bits per heavy atom. The molecule has 1 unspecified atom stereocenters. The van der Waals surface area contributed by atoms with Gasteiger partial charge in [-0.3, -0.25) is 4.79 Å². The lowest BCUT2D eigenvalue weighted by molar-refractivity contribution is -0.133. The van der Waals surface area contributed by atoms with Crippen LogP contribution in [0.3, 0.4) is 0 Å². The Morgan fingerprint density at radius 2 is 2.00 bits per heavy atom. The Labute approximate surface area is 127 Å². The maximum Gasteiger partial charge on any atom is 0.227 e. The topological polar surface area (TPSA) is 40.5 Å². The van der Waals surface area contributed by atoms with Gasteiger partial charge in [-0.05, 0) is 48.8 Å². The van der Waals surface area contributed by atoms with Crippen molar-refractivity contribution < 1.29 is 9.90 Å². The summed E-state index contributed by atoms with van der Waals surface area (Å²) < 4.78 is 0. The number of benzene rings is 1. The van der Waals surface area contributed by atoms with Crippen LogP contribution in [0.1, 0.15) is 48.8 Å². The van der Waals surface area contributed by atoms with Gasteiger partial charge in [0.1, 0.15) is 0 Å². The van der Waals surface area contributed by atoms with Crippen LogP contribution < -0.4 is 0 Å². The number of carbonyl (C=O) groups is 1. The molecule has 21 heavy (non-hydrogen) atoms. The van der Waals surface area contributed by atoms with E-state index in [0.717, 1.165) is 37.8 Å². The number of fused-ring (bicyclic) bond motifs is 1. The van der Waals surface area contributed by atoms with E-state index in [4.69, 9.17) is 0 Å². The average Bonchev–Trinajstić information content (AvgIpc) is 2.82. The summed E-state index contributed by atoms with van der Waals surface area (Å²) in [5.41, 5.74) is 4.01. The van der Waals surface area contributed by atoms with Gasteiger partial charge in [0.2, 0.25) is 5.91 Å². The minimum atomic E-state index is 0.0226. The van der Waals surface area contributed by atoms with Crippen molar-refractivity contribution >= 4 is 5.91 Å². The molecule has 1 aromatic carbocycles. The summed E-state index contributed by atoms with van der Waals surface area (Å²) in [6.07, 6.45) is 8.34. The van der Waals surface area contributed by atoms with Crippen molar-refractivity contribution in [2.75, 3.05) is 13.2 Å². The molecule has 3 nitrogen and oxygen atoms in total. The predicted molar refractivity (Wildman–Crippen MR) is 83.2 cm³/mol. The molecule has 1 aliphatic heterocycles. The first-order chi connectivity index (χ1) is 10.3. The summed E-state index contributed by atoms with van der Waals surface area (Å²) in [5, 5.41) is 9.53. The van der Waals surface area contributed by atoms with Crippen LogP contribution >= 0.6 is 0 Å². The van der Waals surface area contributed by atoms with E-state index >= 15 is 0 Å². The molecular formula is C18H25NO2. The van der Waals surface area contributed by atoms with E-state index in [2.05, 4.69) is 18.2 Å². The first-order valence-corrected chi connectivity index (χ1v) is 8.29. The molecule has 0 radical (unpaired) electrons. The number of aliphatic hydroxyl groups is 1. The van der Waals surface area contributed by atoms with E-state index in [9.17, 15) is 9.90 Å². The van der Waals surface area contributed by atoms with Crippen molar-refractivity contribution in [1.82, 2.24) is 4.90 Å². The molecule has 0 bridgehead atoms. The summed E-state index contributed by atoms with van der Waals surface area (Å²) in [5.74, 6) is 0.175. The van der Waals surface area contributed by atoms with Gasteiger partial charge in [-0.1, -0.05) is 31.0 Å². The predicted octanol–water partition coefficient (Wildman–Crippen LogP) is 2.48. The molecule has 0 saturated carbocycles. The van der Waals surface area contributed by atoms with Gasteiger partial charge in [0.25, 0.3) is 0 Å². The molecule has 1 fully saturated rings. The second kappa shape index (κ2) is 6.61. The Morgan fingerprint density at radius 3 is 2.86 bits per heavy atom. The number of hydrogen-bond donors (Lipinski definition) is 1. The third kappa shape index (κ3) is 3.29. The molecule has 2 aliphatic rings. The van der Waals surface area contributed by atoms with E-state index < -0.39 is 0 Å². The molecule has 114 valence electrons. The number of likely N-dealkylation sites (tertiary alicyclic amines) is 1. The standard InChI is InChI=1S/C18H25NO2/c20-13-17-7-2-1-3-10-19(17)18(21)12-14-8-9-15-5-4-6-16(15)11-14/h8-9,11,17,20H,1-7,10,12-13H2. The van der Waals surface area contributed by atoms with Crippen LogP contribution in [-0.4, -0.2) is 35.1 Å². The largest absolute Gasteiger partial charge is 0.394 e. The smallest absolute Gasteiger partial charge is 0.227 e. The van der Waals surface area contributed by atoms with Gasteiger partial charge < -0.3 is 10.0 Å². The maximum atomic E-state index is 12.6. The molecule has 1 atom stereocenters. The number of aliphatic hydroxyl groups excluding tert-OH is 1. The van der Waals surface area contributed by atoms with Gasteiger partial charge in [0, 0.05) is 6.54 Å². The Kier molecular flexibility index (Phi) is 4.59. The minimum absolute atomic E-state index is 0.0226. The van der Waals surface area contributed by atoms with Gasteiger partial charge in [0.05, 0.1) is 19.1 Å². The number of hydrogen-bond acceptors (Lipinski definition) is 2. The van der Waals surface area contributed by atoms with E-state index in [-0.39, 0.29) is 18.6 Å². The Balaban J connectivity index is 1.69. The fraction of sp³-hybridized carbons (Fsp3) is 0.611. The van der Waals surface area contributed by atoms with Crippen LogP contribution in [-0.2, 0) is 24.1 Å². The molecule has 1 N–H and O–H groups in total. The highest BCUT2D eigenvalue weighted by Crippen LogP contribution is 2.24. The van der Waals surface area contributed by atoms with Crippen LogP contribution in [0.2, 0.25) is 0 Å². The second-order valence-corrected chi connectivity index (χ2v) is 6.41. The summed E-state index contributed by atoms with van der Waals surface area (Å²) in [6, 6.07) is 6.53. The molecule has 1 saturated heterocycles. The summed E-state index contributed by atoms with van der Waals surface area (Å²) >= 11 is 0. The van der Waals surface area contributed by atoms with Crippen LogP contribution in [0.5, 0.6) is 0 Å². The normalized spacial score (nSPS) is 22.0. The maximum absolute atomic E-state index is 12.6. The minimum Gasteiger partial charge on any atom is -0.394 e. The van der Waals surface area contributed by atoms with Crippen LogP contribution in [0, 0.1) is 0 Å². The Bertz CT molecular complexity index is 512. The van der Waals surface area contributed by atoms with Gasteiger partial charge in [-0.15, -0.1) is 0 Å². The summed E-state index contributed by atoms with van der Waals surface area (Å²) in [4.78, 5) is 14.5. The SMILES string of the molecule is O=C(Cc1ccc2c(c1)CCC2)N1CCCCCC1CO. The van der Waals surface area contributed by atoms with Crippen molar-refractivity contribution in [1.29, 1.82) is 0 Å². The molecule has 0 aromatic heterocycles. The molecule has 1 amide bonds. The quantitative estimate of drug-likeness (QED) is 0.928. The molecule has 1 aromatic rings. The van der Waals surface area contributed by atoms with E-state index in [0.29, 0.717) is 6.42 Å². The van der Waals surface area contributed by atoms with Gasteiger partial charge in [-0.2, -0.15) is 0 Å². The highest BCUT2D eigenvalue weighted by Gasteiger charge is 2.25. The van der Waals surface area contributed by atoms with Crippen LogP contribution in [0.25, 0.3) is 0 Å². The second-order valence-electron chi connectivity index (χ2n) is 6.41. The number of carbonyl (C=O) groups excluding carboxylic acids is 1. The molecule has 1 heterocycles. The third-order valence-electron chi connectivity index (χ3n) is 4.93. The van der Waals surface area contributed by atoms with Crippen molar-refractivity contribution in [2.24, 2.45) is 0 Å². The van der Waals surface area contributed by atoms with Crippen LogP contribution in [0.15, 0.2) is 18.2 Å². The number of rotatable bonds is 3. The number of nitrogens with zero attached hydrogens (tertiary/aromatic N) is 1. The highest BCUT2D eigenvalue weighted by atomic mass is 16.3. The zero-order valence-corrected chi connectivity index (χ0v) is 12.7. The third-order valence-corrected chi connectivity index (χ3v) is 4.93. The van der Waals surface area contributed by atoms with Gasteiger partial charge >= 0.3 is 0 Å². The summed E-state index contributed by atoms with van der Waals surface area (Å²) in [6.45, 7) is 0.894. The van der Waals surface area contributed by atoms with Crippen LogP contribution in [0.4, 0.5) is 0 Å². The fourth-order valence-electron chi connectivity index (χ4n) is 3.71. The zero-order chi connectivity index (χ0) is 14.7. The molecule has 1 aliphatic carbocycles. The van der Waals surface area contributed by atoms with Crippen molar-refractivity contribution in [3.63, 3.8) is 0 Å². The van der Waals surface area contributed by atoms with Crippen molar-refractivity contribution in [2.45, 2.75) is 57.4 Å². The van der Waals surface area contributed by atoms with E-state index in [1.165, 1.54) is 30.4 Å². The molecule has 0 spiro atoms.